The van der Waals surface area contributed by atoms with Crippen molar-refractivity contribution < 1.29 is 9.32 Å². The lowest BCUT2D eigenvalue weighted by atomic mass is 10.1. The molecule has 26 heavy (non-hydrogen) atoms. The van der Waals surface area contributed by atoms with Gasteiger partial charge in [0.25, 0.3) is 11.4 Å². The van der Waals surface area contributed by atoms with Crippen LogP contribution in [0.5, 0.6) is 0 Å². The van der Waals surface area contributed by atoms with Crippen LogP contribution in [-0.2, 0) is 17.8 Å². The molecular formula is C19H20N4O3. The number of pyridine rings is 1. The van der Waals surface area contributed by atoms with Crippen LogP contribution in [0.25, 0.3) is 11.5 Å². The molecule has 3 aromatic rings. The van der Waals surface area contributed by atoms with Gasteiger partial charge in [-0.15, -0.1) is 0 Å². The smallest absolute Gasteiger partial charge is 0.259 e. The summed E-state index contributed by atoms with van der Waals surface area (Å²) in [5.41, 5.74) is 3.03. The number of benzene rings is 1. The van der Waals surface area contributed by atoms with E-state index >= 15 is 0 Å². The Morgan fingerprint density at radius 1 is 1.19 bits per heavy atom. The van der Waals surface area contributed by atoms with E-state index < -0.39 is 0 Å². The van der Waals surface area contributed by atoms with E-state index in [1.807, 2.05) is 39.0 Å². The van der Waals surface area contributed by atoms with Crippen LogP contribution in [-0.4, -0.2) is 20.6 Å². The van der Waals surface area contributed by atoms with Gasteiger partial charge in [-0.05, 0) is 31.0 Å². The van der Waals surface area contributed by atoms with E-state index in [1.54, 1.807) is 12.3 Å². The lowest BCUT2D eigenvalue weighted by Crippen LogP contribution is -2.27. The fraction of sp³-hybridized carbons (Fsp3) is 0.263. The first kappa shape index (κ1) is 17.6. The molecule has 2 heterocycles. The number of nitrogens with one attached hydrogen (secondary N) is 1. The van der Waals surface area contributed by atoms with Crippen molar-refractivity contribution in [3.63, 3.8) is 0 Å². The molecule has 0 spiro atoms. The van der Waals surface area contributed by atoms with E-state index in [4.69, 9.17) is 4.52 Å². The van der Waals surface area contributed by atoms with E-state index in [0.717, 1.165) is 16.8 Å². The number of nitrogens with zero attached hydrogens (tertiary/aromatic N) is 3. The first-order valence-electron chi connectivity index (χ1n) is 8.37. The van der Waals surface area contributed by atoms with Crippen molar-refractivity contribution in [3.05, 3.63) is 63.8 Å². The molecule has 0 atom stereocenters. The number of hydrogen-bond donors (Lipinski definition) is 1. The molecule has 0 saturated heterocycles. The Labute approximate surface area is 150 Å². The van der Waals surface area contributed by atoms with Crippen LogP contribution in [0.2, 0.25) is 0 Å². The first-order chi connectivity index (χ1) is 12.5. The summed E-state index contributed by atoms with van der Waals surface area (Å²) in [6.45, 7) is 5.68. The largest absolute Gasteiger partial charge is 0.334 e. The van der Waals surface area contributed by atoms with E-state index in [-0.39, 0.29) is 18.0 Å². The highest BCUT2D eigenvalue weighted by molar-refractivity contribution is 5.92. The lowest BCUT2D eigenvalue weighted by Gasteiger charge is -2.12. The molecular weight excluding hydrogens is 332 g/mol. The van der Waals surface area contributed by atoms with Gasteiger partial charge in [-0.3, -0.25) is 9.59 Å². The van der Waals surface area contributed by atoms with Gasteiger partial charge in [0.1, 0.15) is 6.54 Å². The molecule has 1 N–H and O–H groups in total. The second-order valence-electron chi connectivity index (χ2n) is 6.07. The van der Waals surface area contributed by atoms with Gasteiger partial charge < -0.3 is 14.4 Å². The van der Waals surface area contributed by atoms with Crippen LogP contribution < -0.4 is 10.9 Å². The summed E-state index contributed by atoms with van der Waals surface area (Å²) >= 11 is 0. The number of hydrogen-bond acceptors (Lipinski definition) is 5. The molecule has 0 aliphatic heterocycles. The van der Waals surface area contributed by atoms with Crippen molar-refractivity contribution in [2.24, 2.45) is 0 Å². The predicted molar refractivity (Wildman–Crippen MR) is 97.9 cm³/mol. The van der Waals surface area contributed by atoms with E-state index in [1.165, 1.54) is 10.6 Å². The Hall–Kier alpha value is -3.22. The third-order valence-electron chi connectivity index (χ3n) is 4.07. The highest BCUT2D eigenvalue weighted by atomic mass is 16.5. The Bertz CT molecular complexity index is 984. The summed E-state index contributed by atoms with van der Waals surface area (Å²) in [6, 6.07) is 8.78. The van der Waals surface area contributed by atoms with Crippen LogP contribution in [0, 0.1) is 13.8 Å². The zero-order chi connectivity index (χ0) is 18.7. The van der Waals surface area contributed by atoms with Gasteiger partial charge in [0, 0.05) is 24.4 Å². The summed E-state index contributed by atoms with van der Waals surface area (Å²) in [5.74, 6) is 0.637. The second-order valence-corrected chi connectivity index (χ2v) is 6.07. The molecule has 1 aromatic carbocycles. The van der Waals surface area contributed by atoms with Gasteiger partial charge in [0.2, 0.25) is 5.91 Å². The van der Waals surface area contributed by atoms with Gasteiger partial charge in [0.05, 0.1) is 5.56 Å². The van der Waals surface area contributed by atoms with Crippen LogP contribution in [0.15, 0.2) is 45.8 Å². The molecule has 7 nitrogen and oxygen atoms in total. The maximum Gasteiger partial charge on any atom is 0.259 e. The minimum absolute atomic E-state index is 0.102. The van der Waals surface area contributed by atoms with Crippen molar-refractivity contribution in [2.75, 3.05) is 5.32 Å². The number of carbonyl (C=O) groups excluding carboxylic acids is 1. The van der Waals surface area contributed by atoms with E-state index in [9.17, 15) is 9.59 Å². The second kappa shape index (κ2) is 7.35. The summed E-state index contributed by atoms with van der Waals surface area (Å²) in [6.07, 6.45) is 2.21. The van der Waals surface area contributed by atoms with Gasteiger partial charge >= 0.3 is 0 Å². The van der Waals surface area contributed by atoms with Gasteiger partial charge in [0.15, 0.2) is 5.82 Å². The monoisotopic (exact) mass is 352 g/mol. The van der Waals surface area contributed by atoms with Crippen LogP contribution in [0.3, 0.4) is 0 Å². The molecule has 0 bridgehead atoms. The lowest BCUT2D eigenvalue weighted by molar-refractivity contribution is -0.116. The zero-order valence-corrected chi connectivity index (χ0v) is 14.9. The van der Waals surface area contributed by atoms with Crippen molar-refractivity contribution in [3.8, 4) is 11.5 Å². The topological polar surface area (TPSA) is 90.0 Å². The average Bonchev–Trinajstić information content (AvgIpc) is 3.09. The molecule has 1 amide bonds. The molecule has 0 aliphatic rings. The number of carbonyl (C=O) groups is 1. The van der Waals surface area contributed by atoms with Crippen LogP contribution in [0.4, 0.5) is 5.69 Å². The quantitative estimate of drug-likeness (QED) is 0.762. The number of aromatic nitrogens is 3. The Balaban J connectivity index is 1.82. The molecule has 0 fully saturated rings. The zero-order valence-electron chi connectivity index (χ0n) is 14.9. The van der Waals surface area contributed by atoms with Crippen molar-refractivity contribution in [1.29, 1.82) is 0 Å². The minimum atomic E-state index is -0.277. The standard InChI is InChI=1S/C19H20N4O3/c1-4-15-20-19(26-22-15)14-8-9-17(25)23(10-14)11-16(24)21-18-12(2)6-5-7-13(18)3/h5-10H,4,11H2,1-3H3,(H,21,24). The third kappa shape index (κ3) is 3.72. The fourth-order valence-electron chi connectivity index (χ4n) is 2.64. The minimum Gasteiger partial charge on any atom is -0.334 e. The maximum absolute atomic E-state index is 12.4. The SMILES string of the molecule is CCc1noc(-c2ccc(=O)n(CC(=O)Nc3c(C)cccc3C)c2)n1. The van der Waals surface area contributed by atoms with Crippen LogP contribution >= 0.6 is 0 Å². The van der Waals surface area contributed by atoms with E-state index in [0.29, 0.717) is 23.7 Å². The summed E-state index contributed by atoms with van der Waals surface area (Å²) in [5, 5.41) is 6.72. The molecule has 0 aliphatic carbocycles. The maximum atomic E-state index is 12.4. The fourth-order valence-corrected chi connectivity index (χ4v) is 2.64. The highest BCUT2D eigenvalue weighted by Crippen LogP contribution is 2.19. The third-order valence-corrected chi connectivity index (χ3v) is 4.07. The van der Waals surface area contributed by atoms with Gasteiger partial charge in [-0.2, -0.15) is 4.98 Å². The van der Waals surface area contributed by atoms with E-state index in [2.05, 4.69) is 15.5 Å². The number of anilines is 1. The van der Waals surface area contributed by atoms with Crippen molar-refractivity contribution >= 4 is 11.6 Å². The average molecular weight is 352 g/mol. The van der Waals surface area contributed by atoms with Crippen molar-refractivity contribution in [2.45, 2.75) is 33.7 Å². The molecule has 0 radical (unpaired) electrons. The Morgan fingerprint density at radius 3 is 2.58 bits per heavy atom. The summed E-state index contributed by atoms with van der Waals surface area (Å²) in [7, 11) is 0. The van der Waals surface area contributed by atoms with Gasteiger partial charge in [-0.25, -0.2) is 0 Å². The first-order valence-corrected chi connectivity index (χ1v) is 8.37. The van der Waals surface area contributed by atoms with Crippen LogP contribution in [0.1, 0.15) is 23.9 Å². The molecule has 2 aromatic heterocycles. The summed E-state index contributed by atoms with van der Waals surface area (Å²) in [4.78, 5) is 28.8. The molecule has 7 heteroatoms. The predicted octanol–water partition coefficient (Wildman–Crippen LogP) is 2.72. The molecule has 0 saturated carbocycles. The molecule has 134 valence electrons. The Kier molecular flexibility index (Phi) is 4.97. The normalized spacial score (nSPS) is 10.7. The highest BCUT2D eigenvalue weighted by Gasteiger charge is 2.12. The Morgan fingerprint density at radius 2 is 1.92 bits per heavy atom. The number of para-hydroxylation sites is 1. The number of aryl methyl sites for hydroxylation is 3. The molecule has 3 rings (SSSR count). The van der Waals surface area contributed by atoms with Gasteiger partial charge in [-0.1, -0.05) is 30.3 Å². The molecule has 0 unspecified atom stereocenters. The van der Waals surface area contributed by atoms with Crippen molar-refractivity contribution in [1.82, 2.24) is 14.7 Å². The number of rotatable bonds is 5. The number of amides is 1. The summed E-state index contributed by atoms with van der Waals surface area (Å²) < 4.78 is 6.52.